The maximum absolute atomic E-state index is 11.0. The van der Waals surface area contributed by atoms with E-state index in [4.69, 9.17) is 14.2 Å². The van der Waals surface area contributed by atoms with Crippen LogP contribution in [0.15, 0.2) is 0 Å². The third-order valence-electron chi connectivity index (χ3n) is 1.93. The van der Waals surface area contributed by atoms with Crippen LogP contribution < -0.4 is 0 Å². The van der Waals surface area contributed by atoms with Crippen LogP contribution in [-0.4, -0.2) is 33.1 Å². The van der Waals surface area contributed by atoms with Gasteiger partial charge in [-0.05, 0) is 6.42 Å². The summed E-state index contributed by atoms with van der Waals surface area (Å²) in [6.45, 7) is 3.57. The first-order valence-electron chi connectivity index (χ1n) is 5.59. The molecule has 4 nitrogen and oxygen atoms in total. The van der Waals surface area contributed by atoms with Gasteiger partial charge < -0.3 is 14.2 Å². The van der Waals surface area contributed by atoms with Crippen molar-refractivity contribution >= 4 is 6.16 Å². The molecule has 0 amide bonds. The van der Waals surface area contributed by atoms with Crippen molar-refractivity contribution in [3.8, 4) is 0 Å². The number of hydrogen-bond acceptors (Lipinski definition) is 4. The lowest BCUT2D eigenvalue weighted by atomic mass is 10.2. The molecule has 0 radical (unpaired) electrons. The number of hydrogen-bond donors (Lipinski definition) is 0. The quantitative estimate of drug-likeness (QED) is 0.441. The van der Waals surface area contributed by atoms with E-state index in [1.165, 1.54) is 12.8 Å². The van der Waals surface area contributed by atoms with Gasteiger partial charge in [0.05, 0.1) is 13.2 Å². The van der Waals surface area contributed by atoms with Gasteiger partial charge in [0.25, 0.3) is 0 Å². The van der Waals surface area contributed by atoms with Gasteiger partial charge in [0, 0.05) is 20.1 Å². The molecule has 0 saturated carbocycles. The Morgan fingerprint density at radius 1 is 0.933 bits per heavy atom. The first-order valence-corrected chi connectivity index (χ1v) is 5.59. The summed E-state index contributed by atoms with van der Waals surface area (Å²) in [5, 5.41) is 0. The van der Waals surface area contributed by atoms with E-state index in [2.05, 4.69) is 6.92 Å². The summed E-state index contributed by atoms with van der Waals surface area (Å²) in [6.07, 6.45) is 4.53. The average molecular weight is 218 g/mol. The number of unbranched alkanes of at least 4 members (excludes halogenated alkanes) is 3. The van der Waals surface area contributed by atoms with Crippen molar-refractivity contribution in [1.29, 1.82) is 0 Å². The third-order valence-corrected chi connectivity index (χ3v) is 1.93. The van der Waals surface area contributed by atoms with E-state index in [0.29, 0.717) is 26.2 Å². The molecule has 0 unspecified atom stereocenters. The van der Waals surface area contributed by atoms with E-state index >= 15 is 0 Å². The molecule has 0 saturated heterocycles. The highest BCUT2D eigenvalue weighted by Crippen LogP contribution is 1.99. The normalized spacial score (nSPS) is 10.0. The van der Waals surface area contributed by atoms with Crippen LogP contribution in [0.3, 0.4) is 0 Å². The Bertz CT molecular complexity index is 148. The van der Waals surface area contributed by atoms with E-state index in [1.807, 2.05) is 0 Å². The Hall–Kier alpha value is -0.770. The van der Waals surface area contributed by atoms with E-state index in [-0.39, 0.29) is 0 Å². The molecule has 4 heteroatoms. The van der Waals surface area contributed by atoms with Crippen LogP contribution in [0.25, 0.3) is 0 Å². The molecule has 0 rings (SSSR count). The van der Waals surface area contributed by atoms with Crippen molar-refractivity contribution in [3.63, 3.8) is 0 Å². The molecule has 15 heavy (non-hydrogen) atoms. The summed E-state index contributed by atoms with van der Waals surface area (Å²) in [5.74, 6) is 0. The highest BCUT2D eigenvalue weighted by Gasteiger charge is 2.02. The Morgan fingerprint density at radius 2 is 1.60 bits per heavy atom. The Kier molecular flexibility index (Phi) is 10.7. The van der Waals surface area contributed by atoms with Gasteiger partial charge >= 0.3 is 6.16 Å². The lowest BCUT2D eigenvalue weighted by Crippen LogP contribution is -2.10. The summed E-state index contributed by atoms with van der Waals surface area (Å²) in [5.41, 5.74) is 0. The molecule has 0 aliphatic carbocycles. The average Bonchev–Trinajstić information content (AvgIpc) is 2.24. The van der Waals surface area contributed by atoms with E-state index in [1.54, 1.807) is 7.11 Å². The summed E-state index contributed by atoms with van der Waals surface area (Å²) >= 11 is 0. The minimum atomic E-state index is -0.567. The minimum absolute atomic E-state index is 0.363. The first-order chi connectivity index (χ1) is 7.31. The topological polar surface area (TPSA) is 44.8 Å². The van der Waals surface area contributed by atoms with Crippen molar-refractivity contribution in [2.45, 2.75) is 39.0 Å². The van der Waals surface area contributed by atoms with E-state index in [9.17, 15) is 4.79 Å². The monoisotopic (exact) mass is 218 g/mol. The van der Waals surface area contributed by atoms with Crippen LogP contribution in [0, 0.1) is 0 Å². The van der Waals surface area contributed by atoms with Crippen molar-refractivity contribution in [2.24, 2.45) is 0 Å². The predicted molar refractivity (Wildman–Crippen MR) is 57.9 cm³/mol. The lowest BCUT2D eigenvalue weighted by Gasteiger charge is -2.05. The molecule has 0 N–H and O–H groups in total. The fourth-order valence-electron chi connectivity index (χ4n) is 1.08. The van der Waals surface area contributed by atoms with Crippen molar-refractivity contribution < 1.29 is 19.0 Å². The smallest absolute Gasteiger partial charge is 0.434 e. The van der Waals surface area contributed by atoms with Gasteiger partial charge in [-0.25, -0.2) is 4.79 Å². The van der Waals surface area contributed by atoms with Crippen LogP contribution in [0.2, 0.25) is 0 Å². The van der Waals surface area contributed by atoms with Gasteiger partial charge in [-0.2, -0.15) is 0 Å². The molecule has 0 atom stereocenters. The second-order valence-electron chi connectivity index (χ2n) is 3.35. The number of methoxy groups -OCH3 is 1. The summed E-state index contributed by atoms with van der Waals surface area (Å²) in [6, 6.07) is 0. The van der Waals surface area contributed by atoms with Gasteiger partial charge in [0.1, 0.15) is 0 Å². The fourth-order valence-corrected chi connectivity index (χ4v) is 1.08. The Morgan fingerprint density at radius 3 is 2.20 bits per heavy atom. The van der Waals surface area contributed by atoms with Crippen LogP contribution >= 0.6 is 0 Å². The maximum atomic E-state index is 11.0. The molecule has 0 aromatic rings. The van der Waals surface area contributed by atoms with Gasteiger partial charge in [-0.1, -0.05) is 26.2 Å². The molecule has 0 fully saturated rings. The first kappa shape index (κ1) is 14.2. The largest absolute Gasteiger partial charge is 0.508 e. The van der Waals surface area contributed by atoms with E-state index < -0.39 is 6.16 Å². The standard InChI is InChI=1S/C11H22O4/c1-3-4-5-6-9-14-11(12)15-10-7-8-13-2/h3-10H2,1-2H3. The highest BCUT2D eigenvalue weighted by atomic mass is 16.7. The molecule has 0 aliphatic heterocycles. The summed E-state index contributed by atoms with van der Waals surface area (Å²) < 4.78 is 14.5. The highest BCUT2D eigenvalue weighted by molar-refractivity contribution is 5.59. The fraction of sp³-hybridized carbons (Fsp3) is 0.909. The second kappa shape index (κ2) is 11.3. The minimum Gasteiger partial charge on any atom is -0.434 e. The van der Waals surface area contributed by atoms with Gasteiger partial charge in [-0.15, -0.1) is 0 Å². The predicted octanol–water partition coefficient (Wildman–Crippen LogP) is 2.76. The van der Waals surface area contributed by atoms with Crippen molar-refractivity contribution in [1.82, 2.24) is 0 Å². The SMILES string of the molecule is CCCCCCOC(=O)OCCCOC. The van der Waals surface area contributed by atoms with Crippen LogP contribution in [0.5, 0.6) is 0 Å². The molecule has 0 aromatic carbocycles. The summed E-state index contributed by atoms with van der Waals surface area (Å²) in [7, 11) is 1.62. The maximum Gasteiger partial charge on any atom is 0.508 e. The van der Waals surface area contributed by atoms with Crippen LogP contribution in [-0.2, 0) is 14.2 Å². The zero-order chi connectivity index (χ0) is 11.4. The van der Waals surface area contributed by atoms with Crippen molar-refractivity contribution in [3.05, 3.63) is 0 Å². The van der Waals surface area contributed by atoms with Gasteiger partial charge in [0.2, 0.25) is 0 Å². The number of ether oxygens (including phenoxy) is 3. The number of carbonyl (C=O) groups excluding carboxylic acids is 1. The van der Waals surface area contributed by atoms with Crippen molar-refractivity contribution in [2.75, 3.05) is 26.9 Å². The van der Waals surface area contributed by atoms with Gasteiger partial charge in [-0.3, -0.25) is 0 Å². The third kappa shape index (κ3) is 11.2. The number of rotatable bonds is 9. The lowest BCUT2D eigenvalue weighted by molar-refractivity contribution is 0.0479. The molecule has 0 spiro atoms. The molecule has 90 valence electrons. The number of carbonyl (C=O) groups is 1. The van der Waals surface area contributed by atoms with Crippen LogP contribution in [0.4, 0.5) is 4.79 Å². The Labute approximate surface area is 91.9 Å². The molecular formula is C11H22O4. The second-order valence-corrected chi connectivity index (χ2v) is 3.35. The molecular weight excluding hydrogens is 196 g/mol. The zero-order valence-electron chi connectivity index (χ0n) is 9.79. The van der Waals surface area contributed by atoms with Crippen LogP contribution in [0.1, 0.15) is 39.0 Å². The Balaban J connectivity index is 3.11. The van der Waals surface area contributed by atoms with Gasteiger partial charge in [0.15, 0.2) is 0 Å². The molecule has 0 bridgehead atoms. The molecule has 0 aromatic heterocycles. The summed E-state index contributed by atoms with van der Waals surface area (Å²) in [4.78, 5) is 11.0. The molecule has 0 aliphatic rings. The zero-order valence-corrected chi connectivity index (χ0v) is 9.79. The molecule has 0 heterocycles. The van der Waals surface area contributed by atoms with E-state index in [0.717, 1.165) is 12.8 Å².